The van der Waals surface area contributed by atoms with Gasteiger partial charge in [-0.15, -0.1) is 0 Å². The molecule has 3 aliphatic rings. The van der Waals surface area contributed by atoms with Crippen molar-refractivity contribution in [3.8, 4) is 28.7 Å². The minimum Gasteiger partial charge on any atom is -0.508 e. The van der Waals surface area contributed by atoms with Gasteiger partial charge in [-0.1, -0.05) is 0 Å². The Morgan fingerprint density at radius 2 is 1.74 bits per heavy atom. The highest BCUT2D eigenvalue weighted by Crippen LogP contribution is 2.56. The predicted molar refractivity (Wildman–Crippen MR) is 78.2 cm³/mol. The Labute approximate surface area is 132 Å². The molecule has 2 aromatic carbocycles. The van der Waals surface area contributed by atoms with Gasteiger partial charge in [-0.2, -0.15) is 0 Å². The maximum atomic E-state index is 9.68. The fourth-order valence-electron chi connectivity index (χ4n) is 3.47. The number of rotatable bonds is 1. The molecule has 6 heteroatoms. The van der Waals surface area contributed by atoms with Gasteiger partial charge in [0, 0.05) is 30.4 Å². The molecule has 0 saturated carbocycles. The number of fused-ring (bicyclic) bond motifs is 6. The molecule has 5 rings (SSSR count). The molecule has 2 aromatic rings. The molecule has 3 atom stereocenters. The first-order chi connectivity index (χ1) is 11.2. The molecule has 118 valence electrons. The SMILES string of the molecule is CO[C@@H]1Oc2cc(O)ccc2[C@@H]2Oc3cc4c(cc3[C@@H]12)OCO4. The zero-order valence-electron chi connectivity index (χ0n) is 12.3. The van der Waals surface area contributed by atoms with Crippen LogP contribution in [0.25, 0.3) is 0 Å². The summed E-state index contributed by atoms with van der Waals surface area (Å²) in [7, 11) is 1.60. The number of ether oxygens (including phenoxy) is 5. The molecule has 23 heavy (non-hydrogen) atoms. The standard InChI is InChI=1S/C17H14O6/c1-19-17-15-10-5-13-14(21-7-20-13)6-12(10)22-16(15)9-3-2-8(18)4-11(9)23-17/h2-6,15-18H,7H2,1H3/t15-,16+,17-/m1/s1. The number of hydrogen-bond donors (Lipinski definition) is 1. The molecule has 3 aliphatic heterocycles. The number of phenols is 1. The molecule has 3 heterocycles. The lowest BCUT2D eigenvalue weighted by atomic mass is 9.88. The van der Waals surface area contributed by atoms with Crippen LogP contribution in [0, 0.1) is 0 Å². The summed E-state index contributed by atoms with van der Waals surface area (Å²) in [5.41, 5.74) is 1.86. The van der Waals surface area contributed by atoms with E-state index in [2.05, 4.69) is 0 Å². The van der Waals surface area contributed by atoms with Crippen molar-refractivity contribution < 1.29 is 28.8 Å². The van der Waals surface area contributed by atoms with E-state index >= 15 is 0 Å². The van der Waals surface area contributed by atoms with E-state index in [0.29, 0.717) is 17.2 Å². The summed E-state index contributed by atoms with van der Waals surface area (Å²) < 4.78 is 28.5. The van der Waals surface area contributed by atoms with E-state index in [1.807, 2.05) is 18.2 Å². The van der Waals surface area contributed by atoms with Gasteiger partial charge in [0.25, 0.3) is 0 Å². The summed E-state index contributed by atoms with van der Waals surface area (Å²) >= 11 is 0. The molecule has 0 spiro atoms. The molecular formula is C17H14O6. The largest absolute Gasteiger partial charge is 0.508 e. The Balaban J connectivity index is 1.65. The van der Waals surface area contributed by atoms with E-state index < -0.39 is 6.29 Å². The van der Waals surface area contributed by atoms with Gasteiger partial charge in [0.05, 0.1) is 5.92 Å². The van der Waals surface area contributed by atoms with E-state index in [1.54, 1.807) is 19.2 Å². The highest BCUT2D eigenvalue weighted by Gasteiger charge is 2.47. The Kier molecular flexibility index (Phi) is 2.50. The number of methoxy groups -OCH3 is 1. The third kappa shape index (κ3) is 1.72. The van der Waals surface area contributed by atoms with Gasteiger partial charge in [-0.05, 0) is 18.2 Å². The van der Waals surface area contributed by atoms with Gasteiger partial charge < -0.3 is 28.8 Å². The lowest BCUT2D eigenvalue weighted by Crippen LogP contribution is -2.34. The summed E-state index contributed by atoms with van der Waals surface area (Å²) in [5, 5.41) is 9.68. The average Bonchev–Trinajstić information content (AvgIpc) is 3.14. The van der Waals surface area contributed by atoms with Crippen LogP contribution < -0.4 is 18.9 Å². The highest BCUT2D eigenvalue weighted by molar-refractivity contribution is 5.58. The Morgan fingerprint density at radius 3 is 2.57 bits per heavy atom. The number of benzene rings is 2. The van der Waals surface area contributed by atoms with Crippen molar-refractivity contribution in [2.45, 2.75) is 18.3 Å². The molecule has 0 radical (unpaired) electrons. The molecule has 0 unspecified atom stereocenters. The van der Waals surface area contributed by atoms with Crippen LogP contribution >= 0.6 is 0 Å². The van der Waals surface area contributed by atoms with Gasteiger partial charge in [0.1, 0.15) is 23.4 Å². The number of aromatic hydroxyl groups is 1. The molecule has 0 fully saturated rings. The van der Waals surface area contributed by atoms with Crippen molar-refractivity contribution in [2.75, 3.05) is 13.9 Å². The van der Waals surface area contributed by atoms with Gasteiger partial charge in [-0.25, -0.2) is 0 Å². The van der Waals surface area contributed by atoms with Crippen molar-refractivity contribution in [2.24, 2.45) is 0 Å². The smallest absolute Gasteiger partial charge is 0.231 e. The normalized spacial score (nSPS) is 25.9. The van der Waals surface area contributed by atoms with Crippen molar-refractivity contribution in [1.82, 2.24) is 0 Å². The van der Waals surface area contributed by atoms with Crippen molar-refractivity contribution in [3.63, 3.8) is 0 Å². The minimum atomic E-state index is -0.504. The maximum Gasteiger partial charge on any atom is 0.231 e. The summed E-state index contributed by atoms with van der Waals surface area (Å²) in [6, 6.07) is 8.81. The lowest BCUT2D eigenvalue weighted by molar-refractivity contribution is -0.0994. The molecular weight excluding hydrogens is 300 g/mol. The van der Waals surface area contributed by atoms with E-state index in [9.17, 15) is 5.11 Å². The van der Waals surface area contributed by atoms with Gasteiger partial charge in [0.15, 0.2) is 11.5 Å². The van der Waals surface area contributed by atoms with Gasteiger partial charge >= 0.3 is 0 Å². The van der Waals surface area contributed by atoms with Crippen LogP contribution in [-0.4, -0.2) is 25.3 Å². The molecule has 0 bridgehead atoms. The quantitative estimate of drug-likeness (QED) is 0.873. The zero-order chi connectivity index (χ0) is 15.6. The van der Waals surface area contributed by atoms with E-state index in [-0.39, 0.29) is 24.6 Å². The minimum absolute atomic E-state index is 0.110. The van der Waals surface area contributed by atoms with Crippen LogP contribution in [0.2, 0.25) is 0 Å². The number of phenolic OH excluding ortho intramolecular Hbond substituents is 1. The van der Waals surface area contributed by atoms with Crippen LogP contribution in [-0.2, 0) is 4.74 Å². The topological polar surface area (TPSA) is 66.4 Å². The van der Waals surface area contributed by atoms with Gasteiger partial charge in [0.2, 0.25) is 13.1 Å². The summed E-state index contributed by atoms with van der Waals surface area (Å²) in [6.45, 7) is 0.221. The Bertz CT molecular complexity index is 802. The van der Waals surface area contributed by atoms with Crippen molar-refractivity contribution in [3.05, 3.63) is 41.5 Å². The third-order valence-corrected chi connectivity index (χ3v) is 4.52. The Morgan fingerprint density at radius 1 is 0.957 bits per heavy atom. The first kappa shape index (κ1) is 12.9. The van der Waals surface area contributed by atoms with Crippen LogP contribution in [0.1, 0.15) is 23.1 Å². The van der Waals surface area contributed by atoms with E-state index in [0.717, 1.165) is 16.9 Å². The molecule has 1 N–H and O–H groups in total. The molecule has 0 aromatic heterocycles. The van der Waals surface area contributed by atoms with Crippen LogP contribution in [0.3, 0.4) is 0 Å². The maximum absolute atomic E-state index is 9.68. The first-order valence-corrected chi connectivity index (χ1v) is 7.37. The second-order valence-corrected chi connectivity index (χ2v) is 5.75. The molecule has 6 nitrogen and oxygen atoms in total. The second kappa shape index (κ2) is 4.45. The van der Waals surface area contributed by atoms with E-state index in [1.165, 1.54) is 0 Å². The third-order valence-electron chi connectivity index (χ3n) is 4.52. The van der Waals surface area contributed by atoms with Crippen molar-refractivity contribution >= 4 is 0 Å². The monoisotopic (exact) mass is 314 g/mol. The predicted octanol–water partition coefficient (Wildman–Crippen LogP) is 2.70. The highest BCUT2D eigenvalue weighted by atomic mass is 16.7. The summed E-state index contributed by atoms with van der Waals surface area (Å²) in [4.78, 5) is 0. The average molecular weight is 314 g/mol. The second-order valence-electron chi connectivity index (χ2n) is 5.75. The fraction of sp³-hybridized carbons (Fsp3) is 0.294. The van der Waals surface area contributed by atoms with Gasteiger partial charge in [-0.3, -0.25) is 0 Å². The first-order valence-electron chi connectivity index (χ1n) is 7.37. The number of hydrogen-bond acceptors (Lipinski definition) is 6. The fourth-order valence-corrected chi connectivity index (χ4v) is 3.47. The zero-order valence-corrected chi connectivity index (χ0v) is 12.3. The van der Waals surface area contributed by atoms with Crippen LogP contribution in [0.15, 0.2) is 30.3 Å². The Hall–Kier alpha value is -2.60. The summed E-state index contributed by atoms with van der Waals surface area (Å²) in [5.74, 6) is 2.75. The van der Waals surface area contributed by atoms with Crippen molar-refractivity contribution in [1.29, 1.82) is 0 Å². The van der Waals surface area contributed by atoms with E-state index in [4.69, 9.17) is 23.7 Å². The van der Waals surface area contributed by atoms with Crippen LogP contribution in [0.5, 0.6) is 28.7 Å². The van der Waals surface area contributed by atoms with Crippen LogP contribution in [0.4, 0.5) is 0 Å². The lowest BCUT2D eigenvalue weighted by Gasteiger charge is -2.33. The summed E-state index contributed by atoms with van der Waals surface area (Å²) in [6.07, 6.45) is -0.738. The molecule has 0 aliphatic carbocycles. The molecule has 0 saturated heterocycles. The molecule has 0 amide bonds.